The average molecular weight is 256 g/mol. The van der Waals surface area contributed by atoms with Gasteiger partial charge >= 0.3 is 10.2 Å². The van der Waals surface area contributed by atoms with Crippen LogP contribution >= 0.6 is 0 Å². The van der Waals surface area contributed by atoms with Crippen LogP contribution < -0.4 is 10.1 Å². The number of anilines is 1. The highest BCUT2D eigenvalue weighted by atomic mass is 32.2. The monoisotopic (exact) mass is 256 g/mol. The topological polar surface area (TPSA) is 73.8 Å². The molecule has 90 valence electrons. The highest BCUT2D eigenvalue weighted by Crippen LogP contribution is 2.15. The van der Waals surface area contributed by atoms with E-state index in [0.29, 0.717) is 4.52 Å². The van der Waals surface area contributed by atoms with Gasteiger partial charge in [0.25, 0.3) is 0 Å². The lowest BCUT2D eigenvalue weighted by atomic mass is 10.3. The minimum atomic E-state index is -3.98. The first-order chi connectivity index (χ1) is 8.09. The molecular weight excluding hydrogens is 247 g/mol. The van der Waals surface area contributed by atoms with Crippen molar-refractivity contribution in [2.24, 2.45) is 5.10 Å². The molecule has 0 bridgehead atoms. The van der Waals surface area contributed by atoms with E-state index in [1.807, 2.05) is 0 Å². The molecular formula is C9H9FN4O2S. The summed E-state index contributed by atoms with van der Waals surface area (Å²) in [5, 5.41) is 3.56. The highest BCUT2D eigenvalue weighted by Gasteiger charge is 2.21. The number of allylic oxidation sites excluding steroid dienone is 1. The first kappa shape index (κ1) is 11.4. The molecule has 1 aliphatic heterocycles. The summed E-state index contributed by atoms with van der Waals surface area (Å²) in [5.74, 6) is -0.660. The van der Waals surface area contributed by atoms with Crippen LogP contribution in [0.5, 0.6) is 0 Å². The molecule has 0 radical (unpaired) electrons. The fraction of sp³-hybridized carbons (Fsp3) is 0. The van der Waals surface area contributed by atoms with Gasteiger partial charge in [0, 0.05) is 6.20 Å². The van der Waals surface area contributed by atoms with E-state index in [1.165, 1.54) is 36.7 Å². The van der Waals surface area contributed by atoms with Crippen LogP contribution in [-0.2, 0) is 10.2 Å². The maximum absolute atomic E-state index is 13.3. The van der Waals surface area contributed by atoms with Gasteiger partial charge in [-0.2, -0.15) is 8.42 Å². The molecule has 1 heterocycles. The highest BCUT2D eigenvalue weighted by molar-refractivity contribution is 7.90. The van der Waals surface area contributed by atoms with Crippen LogP contribution in [0, 0.1) is 5.82 Å². The molecule has 0 aliphatic carbocycles. The first-order valence-corrected chi connectivity index (χ1v) is 6.06. The van der Waals surface area contributed by atoms with E-state index < -0.39 is 16.0 Å². The van der Waals surface area contributed by atoms with Crippen molar-refractivity contribution in [1.82, 2.24) is 9.95 Å². The third kappa shape index (κ3) is 2.53. The molecule has 0 amide bonds. The van der Waals surface area contributed by atoms with E-state index in [1.54, 1.807) is 0 Å². The van der Waals surface area contributed by atoms with Crippen LogP contribution in [0.25, 0.3) is 0 Å². The predicted molar refractivity (Wildman–Crippen MR) is 61.5 cm³/mol. The zero-order valence-corrected chi connectivity index (χ0v) is 9.36. The van der Waals surface area contributed by atoms with Crippen LogP contribution in [0.1, 0.15) is 0 Å². The van der Waals surface area contributed by atoms with Gasteiger partial charge < -0.3 is 0 Å². The second kappa shape index (κ2) is 4.42. The molecule has 2 rings (SSSR count). The molecule has 0 saturated carbocycles. The standard InChI is InChI=1S/C9H9FN4O2S/c10-8-4-1-2-5-9(8)13-17(15,16)14-11-6-3-7-12-14/h1-7,11,13H. The molecule has 0 atom stereocenters. The number of benzene rings is 1. The zero-order valence-electron chi connectivity index (χ0n) is 8.54. The molecule has 1 aromatic carbocycles. The molecule has 0 spiro atoms. The van der Waals surface area contributed by atoms with Gasteiger partial charge in [-0.1, -0.05) is 16.7 Å². The summed E-state index contributed by atoms with van der Waals surface area (Å²) in [4.78, 5) is 0. The Labute approximate surface area is 97.6 Å². The third-order valence-electron chi connectivity index (χ3n) is 1.88. The number of nitrogens with one attached hydrogen (secondary N) is 2. The Hall–Kier alpha value is -2.09. The quantitative estimate of drug-likeness (QED) is 0.840. The summed E-state index contributed by atoms with van der Waals surface area (Å²) in [6.45, 7) is 0. The summed E-state index contributed by atoms with van der Waals surface area (Å²) >= 11 is 0. The van der Waals surface area contributed by atoms with Crippen LogP contribution in [-0.4, -0.2) is 19.2 Å². The Kier molecular flexibility index (Phi) is 2.96. The fourth-order valence-electron chi connectivity index (χ4n) is 1.14. The number of nitrogens with zero attached hydrogens (tertiary/aromatic N) is 2. The smallest absolute Gasteiger partial charge is 0.274 e. The van der Waals surface area contributed by atoms with Crippen LogP contribution in [0.3, 0.4) is 0 Å². The number of hydrogen-bond acceptors (Lipinski definition) is 4. The number of halogens is 1. The van der Waals surface area contributed by atoms with Crippen molar-refractivity contribution in [3.63, 3.8) is 0 Å². The Bertz CT molecular complexity index is 570. The molecule has 17 heavy (non-hydrogen) atoms. The average Bonchev–Trinajstić information content (AvgIpc) is 2.33. The van der Waals surface area contributed by atoms with E-state index >= 15 is 0 Å². The summed E-state index contributed by atoms with van der Waals surface area (Å²) in [5.41, 5.74) is 2.24. The predicted octanol–water partition coefficient (Wildman–Crippen LogP) is 0.802. The Balaban J connectivity index is 2.21. The third-order valence-corrected chi connectivity index (χ3v) is 3.01. The summed E-state index contributed by atoms with van der Waals surface area (Å²) in [6.07, 6.45) is 4.19. The van der Waals surface area contributed by atoms with Gasteiger partial charge in [0.15, 0.2) is 0 Å². The Morgan fingerprint density at radius 1 is 1.35 bits per heavy atom. The lowest BCUT2D eigenvalue weighted by Crippen LogP contribution is -2.40. The number of hydrazone groups is 1. The van der Waals surface area contributed by atoms with Gasteiger partial charge in [0.1, 0.15) is 5.82 Å². The van der Waals surface area contributed by atoms with Gasteiger partial charge in [-0.25, -0.2) is 4.39 Å². The van der Waals surface area contributed by atoms with Gasteiger partial charge in [-0.15, -0.1) is 5.10 Å². The molecule has 2 N–H and O–H groups in total. The first-order valence-electron chi connectivity index (χ1n) is 4.62. The van der Waals surface area contributed by atoms with Gasteiger partial charge in [0.05, 0.1) is 11.9 Å². The van der Waals surface area contributed by atoms with Crippen molar-refractivity contribution >= 4 is 22.1 Å². The van der Waals surface area contributed by atoms with E-state index in [-0.39, 0.29) is 5.69 Å². The lowest BCUT2D eigenvalue weighted by molar-refractivity contribution is 0.380. The summed E-state index contributed by atoms with van der Waals surface area (Å²) in [7, 11) is -3.98. The van der Waals surface area contributed by atoms with Crippen molar-refractivity contribution in [3.05, 3.63) is 42.4 Å². The molecule has 8 heteroatoms. The van der Waals surface area contributed by atoms with Crippen molar-refractivity contribution in [3.8, 4) is 0 Å². The SMILES string of the molecule is O=S(=O)(Nc1ccccc1F)N1N=CC=CN1. The molecule has 0 fully saturated rings. The molecule has 0 saturated heterocycles. The van der Waals surface area contributed by atoms with Crippen LogP contribution in [0.15, 0.2) is 41.6 Å². The van der Waals surface area contributed by atoms with Gasteiger partial charge in [0.2, 0.25) is 0 Å². The van der Waals surface area contributed by atoms with Crippen molar-refractivity contribution in [2.75, 3.05) is 4.72 Å². The summed E-state index contributed by atoms with van der Waals surface area (Å²) in [6, 6.07) is 5.46. The van der Waals surface area contributed by atoms with Crippen LogP contribution in [0.4, 0.5) is 10.1 Å². The minimum absolute atomic E-state index is 0.140. The van der Waals surface area contributed by atoms with Crippen molar-refractivity contribution in [2.45, 2.75) is 0 Å². The van der Waals surface area contributed by atoms with E-state index in [4.69, 9.17) is 0 Å². The van der Waals surface area contributed by atoms with E-state index in [9.17, 15) is 12.8 Å². The number of hydrazine groups is 1. The maximum Gasteiger partial charge on any atom is 0.357 e. The van der Waals surface area contributed by atoms with Crippen molar-refractivity contribution < 1.29 is 12.8 Å². The Morgan fingerprint density at radius 3 is 2.76 bits per heavy atom. The minimum Gasteiger partial charge on any atom is -0.274 e. The molecule has 6 nitrogen and oxygen atoms in total. The number of rotatable bonds is 3. The summed E-state index contributed by atoms with van der Waals surface area (Å²) < 4.78 is 39.4. The van der Waals surface area contributed by atoms with Crippen LogP contribution in [0.2, 0.25) is 0 Å². The zero-order chi connectivity index (χ0) is 12.3. The molecule has 0 aromatic heterocycles. The molecule has 1 aromatic rings. The second-order valence-corrected chi connectivity index (χ2v) is 4.58. The van der Waals surface area contributed by atoms with E-state index in [2.05, 4.69) is 15.2 Å². The normalized spacial score (nSPS) is 14.5. The molecule has 1 aliphatic rings. The molecule has 0 unspecified atom stereocenters. The van der Waals surface area contributed by atoms with Gasteiger partial charge in [-0.3, -0.25) is 10.1 Å². The Morgan fingerprint density at radius 2 is 2.12 bits per heavy atom. The maximum atomic E-state index is 13.3. The van der Waals surface area contributed by atoms with Gasteiger partial charge in [-0.05, 0) is 18.2 Å². The second-order valence-electron chi connectivity index (χ2n) is 3.08. The largest absolute Gasteiger partial charge is 0.357 e. The lowest BCUT2D eigenvalue weighted by Gasteiger charge is -2.20. The number of hydrogen-bond donors (Lipinski definition) is 2. The van der Waals surface area contributed by atoms with E-state index in [0.717, 1.165) is 6.07 Å². The number of para-hydroxylation sites is 1. The fourth-order valence-corrected chi connectivity index (χ4v) is 2.05. The van der Waals surface area contributed by atoms with Crippen molar-refractivity contribution in [1.29, 1.82) is 0 Å².